The van der Waals surface area contributed by atoms with Gasteiger partial charge in [0.25, 0.3) is 0 Å². The van der Waals surface area contributed by atoms with Gasteiger partial charge in [-0.1, -0.05) is 36.4 Å². The first kappa shape index (κ1) is 9.74. The molecular weight excluding hydrogens is 186 g/mol. The maximum absolute atomic E-state index is 9.68. The molecule has 0 amide bonds. The second-order valence-electron chi connectivity index (χ2n) is 3.48. The summed E-state index contributed by atoms with van der Waals surface area (Å²) in [6.07, 6.45) is 1.69. The van der Waals surface area contributed by atoms with Gasteiger partial charge in [0.2, 0.25) is 0 Å². The largest absolute Gasteiger partial charge is 0.507 e. The minimum Gasteiger partial charge on any atom is -0.507 e. The van der Waals surface area contributed by atoms with E-state index in [0.29, 0.717) is 0 Å². The molecule has 3 N–H and O–H groups in total. The van der Waals surface area contributed by atoms with Gasteiger partial charge in [0.1, 0.15) is 5.75 Å². The molecule has 0 heterocycles. The van der Waals surface area contributed by atoms with Gasteiger partial charge < -0.3 is 10.8 Å². The maximum atomic E-state index is 9.68. The van der Waals surface area contributed by atoms with Crippen LogP contribution in [0.25, 0.3) is 10.8 Å². The van der Waals surface area contributed by atoms with Crippen molar-refractivity contribution in [3.05, 3.63) is 54.6 Å². The zero-order valence-electron chi connectivity index (χ0n) is 8.35. The van der Waals surface area contributed by atoms with E-state index < -0.39 is 0 Å². The molecule has 0 bridgehead atoms. The van der Waals surface area contributed by atoms with Crippen molar-refractivity contribution >= 4 is 10.8 Å². The SMILES string of the molecule is C=C[C@@H](N)c1ccc(O)c2ccccc12. The summed E-state index contributed by atoms with van der Waals surface area (Å²) in [4.78, 5) is 0. The molecule has 0 saturated carbocycles. The number of phenolic OH excluding ortho intramolecular Hbond substituents is 1. The molecule has 0 spiro atoms. The Balaban J connectivity index is 2.77. The van der Waals surface area contributed by atoms with Gasteiger partial charge in [0, 0.05) is 11.4 Å². The average Bonchev–Trinajstić information content (AvgIpc) is 2.29. The number of fused-ring (bicyclic) bond motifs is 1. The third kappa shape index (κ3) is 1.60. The van der Waals surface area contributed by atoms with E-state index in [1.54, 1.807) is 12.1 Å². The van der Waals surface area contributed by atoms with Crippen LogP contribution in [0.3, 0.4) is 0 Å². The highest BCUT2D eigenvalue weighted by Crippen LogP contribution is 2.30. The Morgan fingerprint density at radius 1 is 1.13 bits per heavy atom. The molecule has 2 nitrogen and oxygen atoms in total. The molecule has 1 atom stereocenters. The predicted molar refractivity (Wildman–Crippen MR) is 62.7 cm³/mol. The Bertz CT molecular complexity index is 505. The van der Waals surface area contributed by atoms with Gasteiger partial charge >= 0.3 is 0 Å². The van der Waals surface area contributed by atoms with Gasteiger partial charge in [-0.25, -0.2) is 0 Å². The smallest absolute Gasteiger partial charge is 0.123 e. The zero-order chi connectivity index (χ0) is 10.8. The molecule has 0 aliphatic carbocycles. The fourth-order valence-corrected chi connectivity index (χ4v) is 1.72. The summed E-state index contributed by atoms with van der Waals surface area (Å²) in [5.74, 6) is 0.283. The molecule has 2 heteroatoms. The van der Waals surface area contributed by atoms with Crippen molar-refractivity contribution in [2.24, 2.45) is 5.73 Å². The summed E-state index contributed by atoms with van der Waals surface area (Å²) in [7, 11) is 0. The number of rotatable bonds is 2. The molecule has 2 rings (SSSR count). The highest BCUT2D eigenvalue weighted by atomic mass is 16.3. The Morgan fingerprint density at radius 2 is 1.80 bits per heavy atom. The van der Waals surface area contributed by atoms with Crippen molar-refractivity contribution in [2.75, 3.05) is 0 Å². The van der Waals surface area contributed by atoms with Crippen LogP contribution in [-0.4, -0.2) is 5.11 Å². The van der Waals surface area contributed by atoms with Gasteiger partial charge in [-0.2, -0.15) is 0 Å². The quantitative estimate of drug-likeness (QED) is 0.730. The molecule has 76 valence electrons. The second kappa shape index (κ2) is 3.75. The van der Waals surface area contributed by atoms with Crippen LogP contribution in [-0.2, 0) is 0 Å². The summed E-state index contributed by atoms with van der Waals surface area (Å²) in [5.41, 5.74) is 6.90. The monoisotopic (exact) mass is 199 g/mol. The molecule has 0 aromatic heterocycles. The molecule has 0 saturated heterocycles. The normalized spacial score (nSPS) is 12.6. The third-order valence-corrected chi connectivity index (χ3v) is 2.55. The van der Waals surface area contributed by atoms with E-state index in [9.17, 15) is 5.11 Å². The molecule has 2 aromatic rings. The van der Waals surface area contributed by atoms with Crippen LogP contribution in [0, 0.1) is 0 Å². The lowest BCUT2D eigenvalue weighted by molar-refractivity contribution is 0.481. The van der Waals surface area contributed by atoms with Crippen molar-refractivity contribution in [1.29, 1.82) is 0 Å². The van der Waals surface area contributed by atoms with Crippen LogP contribution < -0.4 is 5.73 Å². The van der Waals surface area contributed by atoms with Crippen LogP contribution >= 0.6 is 0 Å². The van der Waals surface area contributed by atoms with E-state index in [1.807, 2.05) is 30.3 Å². The van der Waals surface area contributed by atoms with Crippen molar-refractivity contribution in [1.82, 2.24) is 0 Å². The highest BCUT2D eigenvalue weighted by molar-refractivity contribution is 5.91. The fraction of sp³-hybridized carbons (Fsp3) is 0.0769. The van der Waals surface area contributed by atoms with E-state index in [1.165, 1.54) is 0 Å². The summed E-state index contributed by atoms with van der Waals surface area (Å²) < 4.78 is 0. The minimum absolute atomic E-state index is 0.199. The van der Waals surface area contributed by atoms with Crippen molar-refractivity contribution in [3.8, 4) is 5.75 Å². The summed E-state index contributed by atoms with van der Waals surface area (Å²) in [6.45, 7) is 3.68. The zero-order valence-corrected chi connectivity index (χ0v) is 8.35. The van der Waals surface area contributed by atoms with Gasteiger partial charge in [-0.3, -0.25) is 0 Å². The maximum Gasteiger partial charge on any atom is 0.123 e. The van der Waals surface area contributed by atoms with Crippen LogP contribution in [0.4, 0.5) is 0 Å². The molecule has 0 unspecified atom stereocenters. The Kier molecular flexibility index (Phi) is 2.44. The molecule has 0 fully saturated rings. The topological polar surface area (TPSA) is 46.2 Å². The van der Waals surface area contributed by atoms with Gasteiger partial charge in [-0.15, -0.1) is 6.58 Å². The summed E-state index contributed by atoms with van der Waals surface area (Å²) in [5, 5.41) is 11.5. The summed E-state index contributed by atoms with van der Waals surface area (Å²) in [6, 6.07) is 11.0. The average molecular weight is 199 g/mol. The third-order valence-electron chi connectivity index (χ3n) is 2.55. The number of aromatic hydroxyl groups is 1. The molecule has 15 heavy (non-hydrogen) atoms. The second-order valence-corrected chi connectivity index (χ2v) is 3.48. The number of hydrogen-bond donors (Lipinski definition) is 2. The molecule has 0 radical (unpaired) electrons. The van der Waals surface area contributed by atoms with E-state index in [4.69, 9.17) is 5.73 Å². The first-order valence-corrected chi connectivity index (χ1v) is 4.83. The highest BCUT2D eigenvalue weighted by Gasteiger charge is 2.08. The predicted octanol–water partition coefficient (Wildman–Crippen LogP) is 2.73. The van der Waals surface area contributed by atoms with Gasteiger partial charge in [0.05, 0.1) is 0 Å². The van der Waals surface area contributed by atoms with E-state index in [-0.39, 0.29) is 11.8 Å². The number of benzene rings is 2. The number of phenols is 1. The summed E-state index contributed by atoms with van der Waals surface area (Å²) >= 11 is 0. The Morgan fingerprint density at radius 3 is 2.47 bits per heavy atom. The Hall–Kier alpha value is -1.80. The van der Waals surface area contributed by atoms with Crippen LogP contribution in [0.1, 0.15) is 11.6 Å². The van der Waals surface area contributed by atoms with Crippen LogP contribution in [0.15, 0.2) is 49.1 Å². The van der Waals surface area contributed by atoms with E-state index in [2.05, 4.69) is 6.58 Å². The van der Waals surface area contributed by atoms with Crippen molar-refractivity contribution in [2.45, 2.75) is 6.04 Å². The standard InChI is InChI=1S/C13H13NO/c1-2-12(14)10-7-8-13(15)11-6-4-3-5-9(10)11/h2-8,12,15H,1,14H2/t12-/m1/s1. The number of nitrogens with two attached hydrogens (primary N) is 1. The van der Waals surface area contributed by atoms with Crippen LogP contribution in [0.2, 0.25) is 0 Å². The Labute approximate surface area is 88.7 Å². The van der Waals surface area contributed by atoms with E-state index in [0.717, 1.165) is 16.3 Å². The van der Waals surface area contributed by atoms with Crippen molar-refractivity contribution < 1.29 is 5.11 Å². The lowest BCUT2D eigenvalue weighted by atomic mass is 9.99. The minimum atomic E-state index is -0.199. The lowest BCUT2D eigenvalue weighted by Crippen LogP contribution is -2.06. The molecule has 0 aliphatic rings. The lowest BCUT2D eigenvalue weighted by Gasteiger charge is -2.11. The van der Waals surface area contributed by atoms with Gasteiger partial charge in [-0.05, 0) is 17.0 Å². The first-order valence-electron chi connectivity index (χ1n) is 4.83. The number of hydrogen-bond acceptors (Lipinski definition) is 2. The molecule has 0 aliphatic heterocycles. The van der Waals surface area contributed by atoms with Crippen molar-refractivity contribution in [3.63, 3.8) is 0 Å². The van der Waals surface area contributed by atoms with E-state index >= 15 is 0 Å². The molecular formula is C13H13NO. The first-order chi connectivity index (χ1) is 7.24. The molecule has 2 aromatic carbocycles. The van der Waals surface area contributed by atoms with Gasteiger partial charge in [0.15, 0.2) is 0 Å². The fourth-order valence-electron chi connectivity index (χ4n) is 1.72. The van der Waals surface area contributed by atoms with Crippen LogP contribution in [0.5, 0.6) is 5.75 Å².